The quantitative estimate of drug-likeness (QED) is 0.473. The van der Waals surface area contributed by atoms with E-state index in [4.69, 9.17) is 33.2 Å². The highest BCUT2D eigenvalue weighted by molar-refractivity contribution is 6.42. The molecule has 1 fully saturated rings. The van der Waals surface area contributed by atoms with Gasteiger partial charge in [0.15, 0.2) is 0 Å². The van der Waals surface area contributed by atoms with Crippen molar-refractivity contribution in [1.82, 2.24) is 19.9 Å². The van der Waals surface area contributed by atoms with Crippen molar-refractivity contribution in [2.75, 3.05) is 13.1 Å². The molecule has 0 saturated carbocycles. The number of amides is 1. The summed E-state index contributed by atoms with van der Waals surface area (Å²) in [4.78, 5) is 27.7. The SMILES string of the molecule is CC[C@H](Oc1ccc(C#N)cn1)[C@H]1CN(C(=O)c2cnc(C)nc2)C[C@@H]1c1ccc(Cl)c(Cl)c1. The van der Waals surface area contributed by atoms with Gasteiger partial charge in [0.05, 0.1) is 21.2 Å². The molecule has 0 N–H and O–H groups in total. The molecule has 3 aromatic rings. The Bertz CT molecular complexity index is 1210. The molecule has 1 aliphatic rings. The molecule has 1 aromatic carbocycles. The van der Waals surface area contributed by atoms with Crippen molar-refractivity contribution in [2.45, 2.75) is 32.3 Å². The van der Waals surface area contributed by atoms with Gasteiger partial charge in [-0.1, -0.05) is 36.2 Å². The van der Waals surface area contributed by atoms with E-state index in [0.717, 1.165) is 5.56 Å². The first-order chi connectivity index (χ1) is 16.4. The van der Waals surface area contributed by atoms with Crippen LogP contribution in [0.5, 0.6) is 5.88 Å². The Morgan fingerprint density at radius 2 is 1.91 bits per heavy atom. The number of ether oxygens (including phenoxy) is 1. The molecule has 1 aliphatic heterocycles. The summed E-state index contributed by atoms with van der Waals surface area (Å²) in [7, 11) is 0. The van der Waals surface area contributed by atoms with Crippen molar-refractivity contribution in [3.05, 3.63) is 81.5 Å². The second-order valence-electron chi connectivity index (χ2n) is 8.23. The largest absolute Gasteiger partial charge is 0.474 e. The number of pyridine rings is 1. The van der Waals surface area contributed by atoms with Gasteiger partial charge in [-0.25, -0.2) is 15.0 Å². The van der Waals surface area contributed by atoms with E-state index in [1.54, 1.807) is 37.5 Å². The number of rotatable bonds is 6. The molecular weight excluding hydrogens is 473 g/mol. The van der Waals surface area contributed by atoms with E-state index < -0.39 is 0 Å². The Kier molecular flexibility index (Phi) is 7.30. The van der Waals surface area contributed by atoms with Gasteiger partial charge in [0.2, 0.25) is 5.88 Å². The smallest absolute Gasteiger partial charge is 0.257 e. The van der Waals surface area contributed by atoms with Crippen LogP contribution >= 0.6 is 23.2 Å². The highest BCUT2D eigenvalue weighted by Crippen LogP contribution is 2.39. The molecule has 0 bridgehead atoms. The topological polar surface area (TPSA) is 92.0 Å². The number of aryl methyl sites for hydroxylation is 1. The van der Waals surface area contributed by atoms with E-state index in [0.29, 0.717) is 52.4 Å². The van der Waals surface area contributed by atoms with E-state index in [1.807, 2.05) is 24.0 Å². The maximum Gasteiger partial charge on any atom is 0.257 e. The lowest BCUT2D eigenvalue weighted by Crippen LogP contribution is -2.33. The summed E-state index contributed by atoms with van der Waals surface area (Å²) in [5.41, 5.74) is 1.90. The van der Waals surface area contributed by atoms with Crippen LogP contribution in [0.3, 0.4) is 0 Å². The number of carbonyl (C=O) groups is 1. The van der Waals surface area contributed by atoms with Gasteiger partial charge in [0, 0.05) is 49.6 Å². The Balaban J connectivity index is 1.63. The first-order valence-electron chi connectivity index (χ1n) is 10.9. The van der Waals surface area contributed by atoms with Crippen LogP contribution in [0.4, 0.5) is 0 Å². The van der Waals surface area contributed by atoms with E-state index in [2.05, 4.69) is 21.0 Å². The van der Waals surface area contributed by atoms with Crippen molar-refractivity contribution in [2.24, 2.45) is 5.92 Å². The fraction of sp³-hybridized carbons (Fsp3) is 0.320. The van der Waals surface area contributed by atoms with Gasteiger partial charge in [-0.2, -0.15) is 5.26 Å². The second-order valence-corrected chi connectivity index (χ2v) is 9.05. The normalized spacial score (nSPS) is 18.4. The lowest BCUT2D eigenvalue weighted by molar-refractivity contribution is 0.0759. The lowest BCUT2D eigenvalue weighted by atomic mass is 9.84. The zero-order valence-electron chi connectivity index (χ0n) is 18.8. The Morgan fingerprint density at radius 3 is 2.53 bits per heavy atom. The van der Waals surface area contributed by atoms with Gasteiger partial charge >= 0.3 is 0 Å². The number of carbonyl (C=O) groups excluding carboxylic acids is 1. The summed E-state index contributed by atoms with van der Waals surface area (Å²) in [6.45, 7) is 4.81. The van der Waals surface area contributed by atoms with Gasteiger partial charge < -0.3 is 9.64 Å². The number of halogens is 2. The van der Waals surface area contributed by atoms with Gasteiger partial charge in [-0.05, 0) is 37.1 Å². The monoisotopic (exact) mass is 495 g/mol. The van der Waals surface area contributed by atoms with E-state index in [1.165, 1.54) is 6.20 Å². The summed E-state index contributed by atoms with van der Waals surface area (Å²) in [5, 5.41) is 9.98. The highest BCUT2D eigenvalue weighted by atomic mass is 35.5. The zero-order valence-corrected chi connectivity index (χ0v) is 20.3. The van der Waals surface area contributed by atoms with Crippen LogP contribution in [0.15, 0.2) is 48.9 Å². The van der Waals surface area contributed by atoms with Crippen molar-refractivity contribution < 1.29 is 9.53 Å². The fourth-order valence-corrected chi connectivity index (χ4v) is 4.60. The number of aromatic nitrogens is 3. The molecule has 7 nitrogen and oxygen atoms in total. The third-order valence-electron chi connectivity index (χ3n) is 6.07. The fourth-order valence-electron chi connectivity index (χ4n) is 4.30. The predicted octanol–water partition coefficient (Wildman–Crippen LogP) is 5.07. The number of nitriles is 1. The summed E-state index contributed by atoms with van der Waals surface area (Å²) in [6.07, 6.45) is 5.09. The molecule has 3 atom stereocenters. The summed E-state index contributed by atoms with van der Waals surface area (Å²) in [5.74, 6) is 0.886. The highest BCUT2D eigenvalue weighted by Gasteiger charge is 2.41. The molecular formula is C25H23Cl2N5O2. The van der Waals surface area contributed by atoms with E-state index >= 15 is 0 Å². The number of likely N-dealkylation sites (tertiary alicyclic amines) is 1. The van der Waals surface area contributed by atoms with E-state index in [9.17, 15) is 4.79 Å². The molecule has 1 amide bonds. The molecule has 0 radical (unpaired) electrons. The zero-order chi connectivity index (χ0) is 24.2. The van der Waals surface area contributed by atoms with Gasteiger partial charge in [-0.3, -0.25) is 4.79 Å². The molecule has 3 heterocycles. The Morgan fingerprint density at radius 1 is 1.15 bits per heavy atom. The molecule has 0 aliphatic carbocycles. The summed E-state index contributed by atoms with van der Waals surface area (Å²) in [6, 6.07) is 11.0. The molecule has 2 aromatic heterocycles. The third kappa shape index (κ3) is 5.14. The molecule has 1 saturated heterocycles. The first-order valence-corrected chi connectivity index (χ1v) is 11.7. The van der Waals surface area contributed by atoms with Crippen molar-refractivity contribution in [1.29, 1.82) is 5.26 Å². The second kappa shape index (κ2) is 10.4. The molecule has 4 rings (SSSR count). The van der Waals surface area contributed by atoms with Crippen LogP contribution in [0, 0.1) is 24.2 Å². The van der Waals surface area contributed by atoms with Crippen LogP contribution in [-0.4, -0.2) is 45.0 Å². The van der Waals surface area contributed by atoms with Gasteiger partial charge in [-0.15, -0.1) is 0 Å². The summed E-state index contributed by atoms with van der Waals surface area (Å²) < 4.78 is 6.26. The molecule has 0 spiro atoms. The average molecular weight is 496 g/mol. The van der Waals surface area contributed by atoms with Crippen LogP contribution < -0.4 is 4.74 Å². The number of nitrogens with zero attached hydrogens (tertiary/aromatic N) is 5. The van der Waals surface area contributed by atoms with Gasteiger partial charge in [0.1, 0.15) is 18.0 Å². The average Bonchev–Trinajstić information content (AvgIpc) is 3.30. The van der Waals surface area contributed by atoms with Crippen LogP contribution in [-0.2, 0) is 0 Å². The predicted molar refractivity (Wildman–Crippen MR) is 129 cm³/mol. The Hall–Kier alpha value is -3.21. The number of hydrogen-bond acceptors (Lipinski definition) is 6. The lowest BCUT2D eigenvalue weighted by Gasteiger charge is -2.27. The van der Waals surface area contributed by atoms with Crippen LogP contribution in [0.25, 0.3) is 0 Å². The summed E-state index contributed by atoms with van der Waals surface area (Å²) >= 11 is 12.5. The minimum atomic E-state index is -0.216. The number of benzene rings is 1. The maximum absolute atomic E-state index is 13.3. The molecule has 9 heteroatoms. The van der Waals surface area contributed by atoms with Crippen molar-refractivity contribution in [3.8, 4) is 11.9 Å². The number of hydrogen-bond donors (Lipinski definition) is 0. The maximum atomic E-state index is 13.3. The third-order valence-corrected chi connectivity index (χ3v) is 6.81. The minimum absolute atomic E-state index is 0.0185. The molecule has 0 unspecified atom stereocenters. The van der Waals surface area contributed by atoms with Crippen molar-refractivity contribution in [3.63, 3.8) is 0 Å². The standard InChI is InChI=1S/C25H23Cl2N5O2/c1-3-23(34-24-7-4-16(9-28)10-31-24)20-14-32(25(33)18-11-29-15(2)30-12-18)13-19(20)17-5-6-21(26)22(27)8-17/h4-8,10-12,19-20,23H,3,13-14H2,1-2H3/t19-,20+,23+/m1/s1. The molecule has 34 heavy (non-hydrogen) atoms. The van der Waals surface area contributed by atoms with Gasteiger partial charge in [0.25, 0.3) is 5.91 Å². The minimum Gasteiger partial charge on any atom is -0.474 e. The van der Waals surface area contributed by atoms with E-state index in [-0.39, 0.29) is 23.8 Å². The van der Waals surface area contributed by atoms with Crippen LogP contribution in [0.2, 0.25) is 10.0 Å². The van der Waals surface area contributed by atoms with Crippen molar-refractivity contribution >= 4 is 29.1 Å². The Labute approximate surface area is 208 Å². The molecule has 174 valence electrons. The first kappa shape index (κ1) is 23.9. The van der Waals surface area contributed by atoms with Crippen LogP contribution in [0.1, 0.15) is 46.6 Å².